The maximum Gasteiger partial charge on any atom is 0.327 e. The fourth-order valence-electron chi connectivity index (χ4n) is 2.35. The van der Waals surface area contributed by atoms with Crippen molar-refractivity contribution in [2.24, 2.45) is 22.2 Å². The molecule has 12 nitrogen and oxygen atoms in total. The van der Waals surface area contributed by atoms with E-state index in [1.54, 1.807) is 0 Å². The molecule has 0 aliphatic carbocycles. The molecule has 0 aromatic heterocycles. The number of aliphatic imine (C=N–C) groups is 1. The maximum absolute atomic E-state index is 12.8. The van der Waals surface area contributed by atoms with Gasteiger partial charge in [-0.15, -0.1) is 0 Å². The first kappa shape index (κ1) is 30.2. The van der Waals surface area contributed by atoms with Crippen LogP contribution in [0.25, 0.3) is 0 Å². The molecule has 0 saturated carbocycles. The van der Waals surface area contributed by atoms with Crippen molar-refractivity contribution >= 4 is 66.7 Å². The summed E-state index contributed by atoms with van der Waals surface area (Å²) in [5.41, 5.74) is 16.4. The highest BCUT2D eigenvalue weighted by atomic mass is 32.2. The molecule has 0 saturated heterocycles. The summed E-state index contributed by atoms with van der Waals surface area (Å²) in [4.78, 5) is 52.5. The minimum atomic E-state index is -1.26. The third-order valence-corrected chi connectivity index (χ3v) is 5.53. The number of nitrogens with two attached hydrogens (primary N) is 3. The zero-order chi connectivity index (χ0) is 24.7. The molecule has 0 aliphatic heterocycles. The van der Waals surface area contributed by atoms with Crippen molar-refractivity contribution < 1.29 is 24.3 Å². The molecule has 32 heavy (non-hydrogen) atoms. The first-order valence-electron chi connectivity index (χ1n) is 9.72. The van der Waals surface area contributed by atoms with E-state index in [1.165, 1.54) is 11.8 Å². The van der Waals surface area contributed by atoms with Gasteiger partial charge in [-0.3, -0.25) is 19.4 Å². The van der Waals surface area contributed by atoms with Gasteiger partial charge >= 0.3 is 5.97 Å². The normalized spacial score (nSPS) is 14.4. The standard InChI is InChI=1S/C17H33N7O5S3/c1-32-6-4-9(18)13(25)22-10(3-2-5-21-17(19)20)14(26)23-11(7-30)15(27)24-12(8-31)16(28)29/h9-12,30-31H,2-8,18H2,1H3,(H,22,25)(H,23,26)(H,24,27)(H,28,29)(H4,19,20,21). The summed E-state index contributed by atoms with van der Waals surface area (Å²) < 4.78 is 0. The van der Waals surface area contributed by atoms with Crippen LogP contribution in [0.1, 0.15) is 19.3 Å². The highest BCUT2D eigenvalue weighted by molar-refractivity contribution is 7.98. The SMILES string of the molecule is CSCCC(N)C(=O)NC(CCCN=C(N)N)C(=O)NC(CS)C(=O)NC(CS)C(=O)O. The number of nitrogens with one attached hydrogen (secondary N) is 3. The molecule has 0 spiro atoms. The van der Waals surface area contributed by atoms with Gasteiger partial charge in [0.25, 0.3) is 0 Å². The number of rotatable bonds is 16. The van der Waals surface area contributed by atoms with Gasteiger partial charge in [0.15, 0.2) is 5.96 Å². The van der Waals surface area contributed by atoms with Crippen molar-refractivity contribution in [2.75, 3.05) is 30.1 Å². The number of carboxylic acid groups (broad SMARTS) is 1. The summed E-state index contributed by atoms with van der Waals surface area (Å²) in [5, 5.41) is 16.4. The van der Waals surface area contributed by atoms with Crippen LogP contribution >= 0.6 is 37.0 Å². The Bertz CT molecular complexity index is 664. The van der Waals surface area contributed by atoms with Gasteiger partial charge in [0.1, 0.15) is 18.1 Å². The van der Waals surface area contributed by atoms with Gasteiger partial charge in [-0.25, -0.2) is 4.79 Å². The lowest BCUT2D eigenvalue weighted by Gasteiger charge is -2.24. The first-order valence-corrected chi connectivity index (χ1v) is 12.4. The quantitative estimate of drug-likeness (QED) is 0.0463. The van der Waals surface area contributed by atoms with Gasteiger partial charge in [-0.2, -0.15) is 37.0 Å². The molecular formula is C17H33N7O5S3. The number of hydrogen-bond donors (Lipinski definition) is 9. The molecule has 15 heteroatoms. The zero-order valence-corrected chi connectivity index (χ0v) is 20.4. The fraction of sp³-hybridized carbons (Fsp3) is 0.706. The van der Waals surface area contributed by atoms with E-state index in [1.807, 2.05) is 6.26 Å². The predicted molar refractivity (Wildman–Crippen MR) is 132 cm³/mol. The second-order valence-electron chi connectivity index (χ2n) is 6.72. The Balaban J connectivity index is 5.23. The van der Waals surface area contributed by atoms with E-state index in [-0.39, 0.29) is 30.4 Å². The molecule has 10 N–H and O–H groups in total. The van der Waals surface area contributed by atoms with Crippen LogP contribution in [-0.2, 0) is 19.2 Å². The predicted octanol–water partition coefficient (Wildman–Crippen LogP) is -2.48. The van der Waals surface area contributed by atoms with Crippen LogP contribution in [0.4, 0.5) is 0 Å². The molecule has 0 aromatic carbocycles. The monoisotopic (exact) mass is 511 g/mol. The van der Waals surface area contributed by atoms with E-state index in [4.69, 9.17) is 22.3 Å². The van der Waals surface area contributed by atoms with Gasteiger partial charge in [0, 0.05) is 18.1 Å². The highest BCUT2D eigenvalue weighted by Crippen LogP contribution is 2.04. The molecule has 3 amide bonds. The summed E-state index contributed by atoms with van der Waals surface area (Å²) >= 11 is 9.47. The number of aliphatic carboxylic acids is 1. The number of thioether (sulfide) groups is 1. The first-order chi connectivity index (χ1) is 15.1. The lowest BCUT2D eigenvalue weighted by molar-refractivity contribution is -0.141. The maximum atomic E-state index is 12.8. The van der Waals surface area contributed by atoms with Crippen molar-refractivity contribution in [3.63, 3.8) is 0 Å². The van der Waals surface area contributed by atoms with Gasteiger partial charge in [-0.1, -0.05) is 0 Å². The fourth-order valence-corrected chi connectivity index (χ4v) is 3.35. The average molecular weight is 512 g/mol. The van der Waals surface area contributed by atoms with Crippen LogP contribution in [-0.4, -0.2) is 89.0 Å². The number of nitrogens with zero attached hydrogens (tertiary/aromatic N) is 1. The largest absolute Gasteiger partial charge is 0.480 e. The summed E-state index contributed by atoms with van der Waals surface area (Å²) in [5.74, 6) is -2.81. The van der Waals surface area contributed by atoms with Crippen molar-refractivity contribution in [1.82, 2.24) is 16.0 Å². The average Bonchev–Trinajstić information content (AvgIpc) is 2.74. The number of thiol groups is 2. The van der Waals surface area contributed by atoms with Gasteiger partial charge in [-0.05, 0) is 31.3 Å². The highest BCUT2D eigenvalue weighted by Gasteiger charge is 2.29. The van der Waals surface area contributed by atoms with Gasteiger partial charge in [0.05, 0.1) is 6.04 Å². The van der Waals surface area contributed by atoms with Crippen molar-refractivity contribution in [2.45, 2.75) is 43.4 Å². The number of guanidine groups is 1. The van der Waals surface area contributed by atoms with Crippen LogP contribution in [0.5, 0.6) is 0 Å². The van der Waals surface area contributed by atoms with Crippen LogP contribution < -0.4 is 33.2 Å². The van der Waals surface area contributed by atoms with E-state index < -0.39 is 47.9 Å². The second kappa shape index (κ2) is 16.7. The molecule has 0 heterocycles. The van der Waals surface area contributed by atoms with Crippen LogP contribution in [0.2, 0.25) is 0 Å². The number of carbonyl (C=O) groups is 4. The van der Waals surface area contributed by atoms with Crippen molar-refractivity contribution in [1.29, 1.82) is 0 Å². The zero-order valence-electron chi connectivity index (χ0n) is 17.8. The molecule has 0 radical (unpaired) electrons. The van der Waals surface area contributed by atoms with E-state index in [0.717, 1.165) is 0 Å². The third kappa shape index (κ3) is 12.3. The minimum absolute atomic E-state index is 0.0988. The van der Waals surface area contributed by atoms with Crippen LogP contribution in [0, 0.1) is 0 Å². The molecule has 4 unspecified atom stereocenters. The smallest absolute Gasteiger partial charge is 0.327 e. The molecule has 0 bridgehead atoms. The Hall–Kier alpha value is -1.84. The molecule has 184 valence electrons. The Morgan fingerprint density at radius 3 is 1.97 bits per heavy atom. The lowest BCUT2D eigenvalue weighted by atomic mass is 10.1. The molecule has 0 rings (SSSR count). The summed E-state index contributed by atoms with van der Waals surface area (Å²) in [6.45, 7) is 0.235. The number of hydrogen-bond acceptors (Lipinski definition) is 9. The van der Waals surface area contributed by atoms with Crippen LogP contribution in [0.15, 0.2) is 4.99 Å². The number of amides is 3. The Kier molecular flexibility index (Phi) is 15.8. The minimum Gasteiger partial charge on any atom is -0.480 e. The van der Waals surface area contributed by atoms with E-state index in [9.17, 15) is 19.2 Å². The van der Waals surface area contributed by atoms with E-state index in [2.05, 4.69) is 46.2 Å². The Labute approximate surface area is 202 Å². The second-order valence-corrected chi connectivity index (χ2v) is 8.44. The molecule has 0 fully saturated rings. The molecule has 0 aromatic rings. The van der Waals surface area contributed by atoms with Crippen LogP contribution in [0.3, 0.4) is 0 Å². The summed E-state index contributed by atoms with van der Waals surface area (Å²) in [6.07, 6.45) is 2.86. The lowest BCUT2D eigenvalue weighted by Crippen LogP contribution is -2.57. The molecule has 4 atom stereocenters. The number of carboxylic acids is 1. The van der Waals surface area contributed by atoms with E-state index in [0.29, 0.717) is 18.6 Å². The molecular weight excluding hydrogens is 478 g/mol. The van der Waals surface area contributed by atoms with Crippen molar-refractivity contribution in [3.05, 3.63) is 0 Å². The summed E-state index contributed by atoms with van der Waals surface area (Å²) in [7, 11) is 0. The topological polar surface area (TPSA) is 215 Å². The Morgan fingerprint density at radius 1 is 0.938 bits per heavy atom. The van der Waals surface area contributed by atoms with E-state index >= 15 is 0 Å². The third-order valence-electron chi connectivity index (χ3n) is 4.16. The van der Waals surface area contributed by atoms with Crippen molar-refractivity contribution in [3.8, 4) is 0 Å². The molecule has 0 aliphatic rings. The Morgan fingerprint density at radius 2 is 1.47 bits per heavy atom. The number of carbonyl (C=O) groups excluding carboxylic acids is 3. The van der Waals surface area contributed by atoms with Gasteiger partial charge in [0.2, 0.25) is 17.7 Å². The summed E-state index contributed by atoms with van der Waals surface area (Å²) in [6, 6.07) is -4.16. The van der Waals surface area contributed by atoms with Gasteiger partial charge < -0.3 is 38.3 Å².